The van der Waals surface area contributed by atoms with E-state index in [1.165, 1.54) is 16.7 Å². The average Bonchev–Trinajstić information content (AvgIpc) is 2.64. The molecule has 5 heteroatoms. The average molecular weight is 460 g/mol. The summed E-state index contributed by atoms with van der Waals surface area (Å²) in [5.41, 5.74) is 4.67. The number of pyridine rings is 1. The third kappa shape index (κ3) is 5.42. The summed E-state index contributed by atoms with van der Waals surface area (Å²) in [6, 6.07) is 18.8. The second kappa shape index (κ2) is 10.1. The largest absolute Gasteiger partial charge is 0.357 e. The standard InChI is InChI=1S/C21H24N4.HI/c1-3-22-21(24-14-17-8-4-7-16(2)13-17)25-15-19-10-5-9-18-11-6-12-23-20(18)19;/h4-13H,3,14-15H2,1-2H3,(H2,22,24,25);1H. The Balaban J connectivity index is 0.00000243. The van der Waals surface area contributed by atoms with E-state index in [-0.39, 0.29) is 24.0 Å². The molecule has 0 aliphatic heterocycles. The van der Waals surface area contributed by atoms with E-state index in [2.05, 4.69) is 78.0 Å². The van der Waals surface area contributed by atoms with E-state index in [0.717, 1.165) is 23.4 Å². The Morgan fingerprint density at radius 2 is 1.85 bits per heavy atom. The predicted octanol–water partition coefficient (Wildman–Crippen LogP) is 4.42. The van der Waals surface area contributed by atoms with Crippen molar-refractivity contribution < 1.29 is 0 Å². The van der Waals surface area contributed by atoms with Gasteiger partial charge in [0.05, 0.1) is 12.1 Å². The van der Waals surface area contributed by atoms with Crippen molar-refractivity contribution in [2.75, 3.05) is 6.54 Å². The molecule has 0 aliphatic carbocycles. The minimum Gasteiger partial charge on any atom is -0.357 e. The quantitative estimate of drug-likeness (QED) is 0.337. The summed E-state index contributed by atoms with van der Waals surface area (Å²) in [7, 11) is 0. The zero-order chi connectivity index (χ0) is 17.5. The molecule has 3 aromatic rings. The lowest BCUT2D eigenvalue weighted by molar-refractivity contribution is 0.818. The van der Waals surface area contributed by atoms with Crippen LogP contribution in [0.25, 0.3) is 10.9 Å². The first kappa shape index (κ1) is 20.2. The van der Waals surface area contributed by atoms with Crippen LogP contribution in [0.1, 0.15) is 23.6 Å². The lowest BCUT2D eigenvalue weighted by atomic mass is 10.1. The summed E-state index contributed by atoms with van der Waals surface area (Å²) in [5.74, 6) is 0.817. The Bertz CT molecular complexity index is 871. The van der Waals surface area contributed by atoms with Gasteiger partial charge in [-0.15, -0.1) is 24.0 Å². The maximum absolute atomic E-state index is 4.69. The zero-order valence-corrected chi connectivity index (χ0v) is 17.5. The molecule has 0 saturated carbocycles. The number of halogens is 1. The number of aliphatic imine (C=N–C) groups is 1. The summed E-state index contributed by atoms with van der Waals surface area (Å²) in [6.07, 6.45) is 1.84. The number of benzene rings is 2. The lowest BCUT2D eigenvalue weighted by Gasteiger charge is -2.12. The normalized spacial score (nSPS) is 11.1. The van der Waals surface area contributed by atoms with Gasteiger partial charge in [-0.05, 0) is 31.0 Å². The molecule has 0 saturated heterocycles. The molecular weight excluding hydrogens is 435 g/mol. The van der Waals surface area contributed by atoms with Gasteiger partial charge in [0.25, 0.3) is 0 Å². The lowest BCUT2D eigenvalue weighted by Crippen LogP contribution is -2.36. The topological polar surface area (TPSA) is 49.3 Å². The number of para-hydroxylation sites is 1. The molecule has 0 aliphatic rings. The van der Waals surface area contributed by atoms with Crippen molar-refractivity contribution in [2.45, 2.75) is 26.9 Å². The Hall–Kier alpha value is -2.15. The molecule has 3 rings (SSSR count). The summed E-state index contributed by atoms with van der Waals surface area (Å²) in [4.78, 5) is 9.20. The smallest absolute Gasteiger partial charge is 0.191 e. The van der Waals surface area contributed by atoms with Gasteiger partial charge in [0.15, 0.2) is 5.96 Å². The van der Waals surface area contributed by atoms with Gasteiger partial charge in [-0.1, -0.05) is 54.1 Å². The van der Waals surface area contributed by atoms with Crippen molar-refractivity contribution in [3.05, 3.63) is 77.5 Å². The van der Waals surface area contributed by atoms with Crippen LogP contribution in [0.4, 0.5) is 0 Å². The van der Waals surface area contributed by atoms with Crippen molar-refractivity contribution in [1.29, 1.82) is 0 Å². The summed E-state index contributed by atoms with van der Waals surface area (Å²) < 4.78 is 0. The minimum atomic E-state index is 0. The zero-order valence-electron chi connectivity index (χ0n) is 15.2. The van der Waals surface area contributed by atoms with Crippen molar-refractivity contribution in [3.8, 4) is 0 Å². The molecule has 26 heavy (non-hydrogen) atoms. The van der Waals surface area contributed by atoms with E-state index in [0.29, 0.717) is 13.1 Å². The molecular formula is C21H25IN4. The molecule has 4 nitrogen and oxygen atoms in total. The van der Waals surface area contributed by atoms with Crippen LogP contribution in [0.5, 0.6) is 0 Å². The van der Waals surface area contributed by atoms with Crippen molar-refractivity contribution in [1.82, 2.24) is 15.6 Å². The summed E-state index contributed by atoms with van der Waals surface area (Å²) in [6.45, 7) is 6.35. The fourth-order valence-corrected chi connectivity index (χ4v) is 2.81. The molecule has 0 bridgehead atoms. The van der Waals surface area contributed by atoms with Crippen LogP contribution in [0.2, 0.25) is 0 Å². The SMILES string of the molecule is CCNC(=NCc1cccc(C)c1)NCc1cccc2cccnc12.I. The molecule has 0 radical (unpaired) electrons. The molecule has 0 spiro atoms. The first-order chi connectivity index (χ1) is 12.3. The highest BCUT2D eigenvalue weighted by atomic mass is 127. The van der Waals surface area contributed by atoms with E-state index in [1.54, 1.807) is 0 Å². The molecule has 0 atom stereocenters. The van der Waals surface area contributed by atoms with Gasteiger partial charge in [-0.3, -0.25) is 4.98 Å². The number of aromatic nitrogens is 1. The fraction of sp³-hybridized carbons (Fsp3) is 0.238. The fourth-order valence-electron chi connectivity index (χ4n) is 2.81. The summed E-state index contributed by atoms with van der Waals surface area (Å²) >= 11 is 0. The Kier molecular flexibility index (Phi) is 7.84. The van der Waals surface area contributed by atoms with E-state index >= 15 is 0 Å². The highest BCUT2D eigenvalue weighted by Gasteiger charge is 2.03. The Morgan fingerprint density at radius 3 is 2.65 bits per heavy atom. The van der Waals surface area contributed by atoms with Crippen LogP contribution < -0.4 is 10.6 Å². The van der Waals surface area contributed by atoms with E-state index in [1.807, 2.05) is 12.3 Å². The van der Waals surface area contributed by atoms with Crippen molar-refractivity contribution in [2.24, 2.45) is 4.99 Å². The maximum atomic E-state index is 4.69. The molecule has 1 heterocycles. The highest BCUT2D eigenvalue weighted by molar-refractivity contribution is 14.0. The van der Waals surface area contributed by atoms with Gasteiger partial charge in [-0.2, -0.15) is 0 Å². The molecule has 1 aromatic heterocycles. The number of fused-ring (bicyclic) bond motifs is 1. The number of nitrogens with zero attached hydrogens (tertiary/aromatic N) is 2. The molecule has 0 amide bonds. The van der Waals surface area contributed by atoms with Crippen LogP contribution in [0, 0.1) is 6.92 Å². The molecule has 0 unspecified atom stereocenters. The third-order valence-electron chi connectivity index (χ3n) is 4.01. The first-order valence-corrected chi connectivity index (χ1v) is 8.66. The van der Waals surface area contributed by atoms with E-state index in [4.69, 9.17) is 4.99 Å². The number of aryl methyl sites for hydroxylation is 1. The number of rotatable bonds is 5. The summed E-state index contributed by atoms with van der Waals surface area (Å²) in [5, 5.41) is 7.87. The van der Waals surface area contributed by atoms with Crippen LogP contribution in [-0.4, -0.2) is 17.5 Å². The van der Waals surface area contributed by atoms with Crippen LogP contribution >= 0.6 is 24.0 Å². The van der Waals surface area contributed by atoms with Gasteiger partial charge >= 0.3 is 0 Å². The van der Waals surface area contributed by atoms with Crippen LogP contribution in [-0.2, 0) is 13.1 Å². The Morgan fingerprint density at radius 1 is 1.04 bits per heavy atom. The third-order valence-corrected chi connectivity index (χ3v) is 4.01. The number of hydrogen-bond donors (Lipinski definition) is 2. The molecule has 0 fully saturated rings. The van der Waals surface area contributed by atoms with Gasteiger partial charge < -0.3 is 10.6 Å². The highest BCUT2D eigenvalue weighted by Crippen LogP contribution is 2.15. The molecule has 2 N–H and O–H groups in total. The van der Waals surface area contributed by atoms with Gasteiger partial charge in [0, 0.05) is 24.7 Å². The minimum absolute atomic E-state index is 0. The predicted molar refractivity (Wildman–Crippen MR) is 120 cm³/mol. The van der Waals surface area contributed by atoms with Crippen molar-refractivity contribution >= 4 is 40.8 Å². The van der Waals surface area contributed by atoms with E-state index in [9.17, 15) is 0 Å². The van der Waals surface area contributed by atoms with Gasteiger partial charge in [0.1, 0.15) is 0 Å². The van der Waals surface area contributed by atoms with Crippen LogP contribution in [0.3, 0.4) is 0 Å². The number of nitrogens with one attached hydrogen (secondary N) is 2. The van der Waals surface area contributed by atoms with E-state index < -0.39 is 0 Å². The second-order valence-electron chi connectivity index (χ2n) is 6.03. The Labute approximate surface area is 172 Å². The number of hydrogen-bond acceptors (Lipinski definition) is 2. The van der Waals surface area contributed by atoms with Crippen LogP contribution in [0.15, 0.2) is 65.8 Å². The number of guanidine groups is 1. The first-order valence-electron chi connectivity index (χ1n) is 8.66. The van der Waals surface area contributed by atoms with Gasteiger partial charge in [-0.25, -0.2) is 4.99 Å². The van der Waals surface area contributed by atoms with Gasteiger partial charge in [0.2, 0.25) is 0 Å². The monoisotopic (exact) mass is 460 g/mol. The molecule has 2 aromatic carbocycles. The molecule has 136 valence electrons. The van der Waals surface area contributed by atoms with Crippen molar-refractivity contribution in [3.63, 3.8) is 0 Å². The maximum Gasteiger partial charge on any atom is 0.191 e. The second-order valence-corrected chi connectivity index (χ2v) is 6.03.